The van der Waals surface area contributed by atoms with E-state index in [-0.39, 0.29) is 16.0 Å². The lowest BCUT2D eigenvalue weighted by Crippen LogP contribution is -1.96. The number of aromatic hydroxyl groups is 1. The summed E-state index contributed by atoms with van der Waals surface area (Å²) in [6, 6.07) is 5.21. The fraction of sp³-hybridized carbons (Fsp3) is 0. The van der Waals surface area contributed by atoms with Crippen molar-refractivity contribution in [2.24, 2.45) is 5.10 Å². The van der Waals surface area contributed by atoms with E-state index in [0.29, 0.717) is 5.56 Å². The maximum atomic E-state index is 10.8. The van der Waals surface area contributed by atoms with E-state index in [0.717, 1.165) is 12.3 Å². The van der Waals surface area contributed by atoms with Crippen molar-refractivity contribution in [3.05, 3.63) is 60.7 Å². The number of aromatic nitrogens is 1. The zero-order valence-corrected chi connectivity index (χ0v) is 12.8. The number of nitro groups is 2. The molecule has 1 aromatic carbocycles. The molecule has 10 nitrogen and oxygen atoms in total. The Bertz CT molecular complexity index is 793. The van der Waals surface area contributed by atoms with Crippen LogP contribution in [0.25, 0.3) is 0 Å². The molecule has 0 saturated carbocycles. The van der Waals surface area contributed by atoms with Crippen molar-refractivity contribution in [3.63, 3.8) is 0 Å². The van der Waals surface area contributed by atoms with Crippen molar-refractivity contribution in [2.75, 3.05) is 5.43 Å². The van der Waals surface area contributed by atoms with E-state index in [4.69, 9.17) is 0 Å². The topological polar surface area (TPSA) is 144 Å². The molecule has 0 unspecified atom stereocenters. The van der Waals surface area contributed by atoms with Crippen LogP contribution in [0.2, 0.25) is 0 Å². The molecular weight excluding hydrogens is 374 g/mol. The van der Waals surface area contributed by atoms with Gasteiger partial charge in [0.2, 0.25) is 5.75 Å². The second-order valence-corrected chi connectivity index (χ2v) is 5.01. The number of phenols is 1. The Labute approximate surface area is 136 Å². The van der Waals surface area contributed by atoms with Gasteiger partial charge in [-0.05, 0) is 28.1 Å². The van der Waals surface area contributed by atoms with Gasteiger partial charge in [-0.25, -0.2) is 4.98 Å². The minimum atomic E-state index is -0.719. The van der Waals surface area contributed by atoms with Gasteiger partial charge in [0.1, 0.15) is 12.0 Å². The summed E-state index contributed by atoms with van der Waals surface area (Å²) in [5.41, 5.74) is 2.27. The predicted molar refractivity (Wildman–Crippen MR) is 84.6 cm³/mol. The summed E-state index contributed by atoms with van der Waals surface area (Å²) in [4.78, 5) is 23.8. The fourth-order valence-electron chi connectivity index (χ4n) is 1.55. The number of nitro benzene ring substituents is 1. The molecular formula is C12H8BrN5O5. The van der Waals surface area contributed by atoms with Gasteiger partial charge in [-0.3, -0.25) is 25.7 Å². The van der Waals surface area contributed by atoms with Crippen LogP contribution in [0.3, 0.4) is 0 Å². The highest BCUT2D eigenvalue weighted by Gasteiger charge is 2.17. The average Bonchev–Trinajstić information content (AvgIpc) is 2.50. The van der Waals surface area contributed by atoms with Crippen LogP contribution < -0.4 is 5.43 Å². The van der Waals surface area contributed by atoms with E-state index in [9.17, 15) is 25.3 Å². The minimum Gasteiger partial charge on any atom is -0.501 e. The lowest BCUT2D eigenvalue weighted by atomic mass is 10.2. The molecule has 0 aliphatic rings. The molecule has 1 aromatic heterocycles. The molecule has 118 valence electrons. The lowest BCUT2D eigenvalue weighted by Gasteiger charge is -2.01. The van der Waals surface area contributed by atoms with Gasteiger partial charge in [-0.15, -0.1) is 0 Å². The summed E-state index contributed by atoms with van der Waals surface area (Å²) in [6.45, 7) is 0. The molecule has 2 aromatic rings. The van der Waals surface area contributed by atoms with E-state index < -0.39 is 21.3 Å². The van der Waals surface area contributed by atoms with E-state index in [2.05, 4.69) is 31.4 Å². The molecule has 0 spiro atoms. The number of hydrogen-bond donors (Lipinski definition) is 2. The summed E-state index contributed by atoms with van der Waals surface area (Å²) in [6.07, 6.45) is 2.35. The number of anilines is 1. The second-order valence-electron chi connectivity index (χ2n) is 4.16. The van der Waals surface area contributed by atoms with Crippen LogP contribution in [0.4, 0.5) is 17.2 Å². The number of halogens is 1. The van der Waals surface area contributed by atoms with Crippen molar-refractivity contribution in [1.29, 1.82) is 0 Å². The Morgan fingerprint density at radius 2 is 2.00 bits per heavy atom. The molecule has 0 radical (unpaired) electrons. The molecule has 2 rings (SSSR count). The van der Waals surface area contributed by atoms with Crippen LogP contribution in [-0.4, -0.2) is 26.2 Å². The molecule has 2 N–H and O–H groups in total. The first-order chi connectivity index (χ1) is 10.9. The summed E-state index contributed by atoms with van der Waals surface area (Å²) in [5, 5.41) is 34.7. The molecule has 23 heavy (non-hydrogen) atoms. The first-order valence-electron chi connectivity index (χ1n) is 5.95. The number of nitrogens with one attached hydrogen (secondary N) is 1. The normalized spacial score (nSPS) is 10.7. The summed E-state index contributed by atoms with van der Waals surface area (Å²) >= 11 is 3.01. The number of pyridine rings is 1. The Morgan fingerprint density at radius 3 is 2.57 bits per heavy atom. The molecule has 1 heterocycles. The average molecular weight is 382 g/mol. The molecule has 0 saturated heterocycles. The van der Waals surface area contributed by atoms with Gasteiger partial charge in [0.15, 0.2) is 0 Å². The Hall–Kier alpha value is -3.08. The first kappa shape index (κ1) is 16.3. The lowest BCUT2D eigenvalue weighted by molar-refractivity contribution is -0.386. The summed E-state index contributed by atoms with van der Waals surface area (Å²) in [7, 11) is 0. The molecule has 0 atom stereocenters. The van der Waals surface area contributed by atoms with Crippen molar-refractivity contribution in [2.45, 2.75) is 0 Å². The monoisotopic (exact) mass is 381 g/mol. The predicted octanol–water partition coefficient (Wildman–Crippen LogP) is 2.81. The van der Waals surface area contributed by atoms with Crippen LogP contribution in [-0.2, 0) is 0 Å². The molecule has 0 aliphatic heterocycles. The van der Waals surface area contributed by atoms with Gasteiger partial charge in [0.25, 0.3) is 5.69 Å². The number of phenolic OH excluding ortho intramolecular Hbond substituents is 1. The number of nitrogens with zero attached hydrogens (tertiary/aromatic N) is 4. The smallest absolute Gasteiger partial charge is 0.312 e. The highest BCUT2D eigenvalue weighted by Crippen LogP contribution is 2.34. The van der Waals surface area contributed by atoms with Crippen LogP contribution >= 0.6 is 15.9 Å². The Balaban J connectivity index is 2.14. The highest BCUT2D eigenvalue weighted by molar-refractivity contribution is 9.10. The zero-order valence-electron chi connectivity index (χ0n) is 11.2. The van der Waals surface area contributed by atoms with Gasteiger partial charge in [0.05, 0.1) is 20.5 Å². The standard InChI is InChI=1S/C12H8BrN5O5/c13-9-3-7(4-10(12(9)19)18(22)23)5-15-16-11-2-1-8(6-14-11)17(20)21/h1-6,19H,(H,14,16)/b15-5+. The van der Waals surface area contributed by atoms with Crippen LogP contribution in [0.5, 0.6) is 5.75 Å². The molecule has 0 bridgehead atoms. The second kappa shape index (κ2) is 6.79. The SMILES string of the molecule is O=[N+]([O-])c1ccc(N/N=C/c2cc(Br)c(O)c([N+](=O)[O-])c2)nc1. The first-order valence-corrected chi connectivity index (χ1v) is 6.74. The largest absolute Gasteiger partial charge is 0.501 e. The van der Waals surface area contributed by atoms with Gasteiger partial charge < -0.3 is 5.11 Å². The molecule has 0 amide bonds. The number of hydrazone groups is 1. The van der Waals surface area contributed by atoms with Gasteiger partial charge in [0, 0.05) is 17.7 Å². The third-order valence-electron chi connectivity index (χ3n) is 2.61. The van der Waals surface area contributed by atoms with Crippen molar-refractivity contribution < 1.29 is 15.0 Å². The summed E-state index contributed by atoms with van der Waals surface area (Å²) in [5.74, 6) is -0.212. The van der Waals surface area contributed by atoms with Crippen LogP contribution in [0.15, 0.2) is 40.0 Å². The zero-order chi connectivity index (χ0) is 17.0. The van der Waals surface area contributed by atoms with Gasteiger partial charge >= 0.3 is 5.69 Å². The number of hydrogen-bond acceptors (Lipinski definition) is 8. The maximum absolute atomic E-state index is 10.8. The van der Waals surface area contributed by atoms with E-state index in [1.165, 1.54) is 24.4 Å². The third kappa shape index (κ3) is 3.97. The van der Waals surface area contributed by atoms with Crippen molar-refractivity contribution in [1.82, 2.24) is 4.98 Å². The van der Waals surface area contributed by atoms with Crippen LogP contribution in [0.1, 0.15) is 5.56 Å². The van der Waals surface area contributed by atoms with E-state index in [1.807, 2.05) is 0 Å². The van der Waals surface area contributed by atoms with Gasteiger partial charge in [-0.2, -0.15) is 5.10 Å². The quantitative estimate of drug-likeness (QED) is 0.460. The van der Waals surface area contributed by atoms with Crippen LogP contribution in [0, 0.1) is 20.2 Å². The minimum absolute atomic E-state index is 0.154. The van der Waals surface area contributed by atoms with Gasteiger partial charge in [-0.1, -0.05) is 0 Å². The number of rotatable bonds is 5. The van der Waals surface area contributed by atoms with E-state index >= 15 is 0 Å². The third-order valence-corrected chi connectivity index (χ3v) is 3.22. The Kier molecular flexibility index (Phi) is 4.81. The maximum Gasteiger partial charge on any atom is 0.312 e. The van der Waals surface area contributed by atoms with E-state index in [1.54, 1.807) is 0 Å². The van der Waals surface area contributed by atoms with Crippen molar-refractivity contribution >= 4 is 39.3 Å². The Morgan fingerprint density at radius 1 is 1.26 bits per heavy atom. The number of benzene rings is 1. The molecule has 0 aliphatic carbocycles. The molecule has 11 heteroatoms. The highest BCUT2D eigenvalue weighted by atomic mass is 79.9. The fourth-order valence-corrected chi connectivity index (χ4v) is 2.02. The van der Waals surface area contributed by atoms with Crippen molar-refractivity contribution in [3.8, 4) is 5.75 Å². The summed E-state index contributed by atoms with van der Waals surface area (Å²) < 4.78 is 0.154. The molecule has 0 fully saturated rings.